The highest BCUT2D eigenvalue weighted by molar-refractivity contribution is 5.85. The van der Waals surface area contributed by atoms with Crippen LogP contribution in [0.25, 0.3) is 0 Å². The summed E-state index contributed by atoms with van der Waals surface area (Å²) in [5, 5.41) is 7.84. The number of nitrogens with one attached hydrogen (secondary N) is 1. The van der Waals surface area contributed by atoms with Gasteiger partial charge in [-0.05, 0) is 46.1 Å². The molecule has 2 fully saturated rings. The molecule has 0 bridgehead atoms. The van der Waals surface area contributed by atoms with Crippen LogP contribution in [0.15, 0.2) is 0 Å². The lowest BCUT2D eigenvalue weighted by Gasteiger charge is -2.28. The van der Waals surface area contributed by atoms with Crippen LogP contribution >= 0.6 is 24.8 Å². The highest BCUT2D eigenvalue weighted by Crippen LogP contribution is 2.36. The zero-order chi connectivity index (χ0) is 14.3. The van der Waals surface area contributed by atoms with E-state index < -0.39 is 0 Å². The number of nitrogens with zero attached hydrogens (tertiary/aromatic N) is 3. The second kappa shape index (κ2) is 7.66. The maximum atomic E-state index is 12.7. The Bertz CT molecular complexity index is 526. The van der Waals surface area contributed by atoms with Gasteiger partial charge in [-0.3, -0.25) is 9.48 Å². The van der Waals surface area contributed by atoms with Gasteiger partial charge in [0, 0.05) is 24.8 Å². The Labute approximate surface area is 144 Å². The zero-order valence-corrected chi connectivity index (χ0v) is 15.1. The quantitative estimate of drug-likeness (QED) is 0.891. The Morgan fingerprint density at radius 3 is 2.50 bits per heavy atom. The molecule has 22 heavy (non-hydrogen) atoms. The molecule has 0 aromatic carbocycles. The molecule has 5 nitrogen and oxygen atoms in total. The fraction of sp³-hybridized carbons (Fsp3) is 0.733. The van der Waals surface area contributed by atoms with Gasteiger partial charge in [0.15, 0.2) is 0 Å². The molecule has 2 aliphatic rings. The summed E-state index contributed by atoms with van der Waals surface area (Å²) in [6.45, 7) is 6.01. The average Bonchev–Trinajstić information content (AvgIpc) is 3.12. The topological polar surface area (TPSA) is 50.2 Å². The molecule has 1 aromatic rings. The number of rotatable bonds is 2. The Balaban J connectivity index is 0.00000121. The van der Waals surface area contributed by atoms with E-state index in [9.17, 15) is 4.79 Å². The molecule has 2 saturated heterocycles. The zero-order valence-electron chi connectivity index (χ0n) is 13.5. The Morgan fingerprint density at radius 2 is 1.95 bits per heavy atom. The summed E-state index contributed by atoms with van der Waals surface area (Å²) in [4.78, 5) is 14.8. The monoisotopic (exact) mass is 348 g/mol. The number of hydrogen-bond donors (Lipinski definition) is 1. The number of likely N-dealkylation sites (tertiary alicyclic amines) is 1. The molecule has 3 rings (SSSR count). The fourth-order valence-electron chi connectivity index (χ4n) is 3.70. The lowest BCUT2D eigenvalue weighted by Crippen LogP contribution is -2.43. The van der Waals surface area contributed by atoms with Crippen molar-refractivity contribution in [3.05, 3.63) is 17.0 Å². The van der Waals surface area contributed by atoms with Gasteiger partial charge in [-0.1, -0.05) is 0 Å². The van der Waals surface area contributed by atoms with Crippen molar-refractivity contribution in [2.75, 3.05) is 13.1 Å². The first kappa shape index (κ1) is 19.3. The molecule has 3 heterocycles. The van der Waals surface area contributed by atoms with E-state index in [1.165, 1.54) is 11.3 Å². The minimum atomic E-state index is 0. The van der Waals surface area contributed by atoms with Gasteiger partial charge < -0.3 is 10.2 Å². The Morgan fingerprint density at radius 1 is 1.23 bits per heavy atom. The predicted molar refractivity (Wildman–Crippen MR) is 91.9 cm³/mol. The third-order valence-corrected chi connectivity index (χ3v) is 4.79. The van der Waals surface area contributed by atoms with Gasteiger partial charge in [-0.25, -0.2) is 0 Å². The first-order valence-corrected chi connectivity index (χ1v) is 7.63. The van der Waals surface area contributed by atoms with E-state index in [2.05, 4.69) is 29.2 Å². The van der Waals surface area contributed by atoms with Crippen LogP contribution in [0.5, 0.6) is 0 Å². The SMILES string of the molecule is Cc1nn(C)c(C)c1C1CCCN1C(=O)[C@@H]1CCCN1.Cl.Cl. The van der Waals surface area contributed by atoms with Crippen LogP contribution in [-0.2, 0) is 11.8 Å². The highest BCUT2D eigenvalue weighted by atomic mass is 35.5. The van der Waals surface area contributed by atoms with Crippen molar-refractivity contribution in [1.82, 2.24) is 20.0 Å². The average molecular weight is 349 g/mol. The predicted octanol–water partition coefficient (Wildman–Crippen LogP) is 2.30. The number of carbonyl (C=O) groups excluding carboxylic acids is 1. The van der Waals surface area contributed by atoms with Gasteiger partial charge in [-0.2, -0.15) is 5.10 Å². The van der Waals surface area contributed by atoms with Gasteiger partial charge >= 0.3 is 0 Å². The molecule has 1 unspecified atom stereocenters. The van der Waals surface area contributed by atoms with E-state index in [4.69, 9.17) is 0 Å². The van der Waals surface area contributed by atoms with E-state index in [0.717, 1.165) is 44.5 Å². The van der Waals surface area contributed by atoms with E-state index in [1.807, 2.05) is 11.7 Å². The lowest BCUT2D eigenvalue weighted by molar-refractivity contribution is -0.134. The molecule has 7 heteroatoms. The normalized spacial score (nSPS) is 24.0. The largest absolute Gasteiger partial charge is 0.334 e. The molecule has 0 saturated carbocycles. The third kappa shape index (κ3) is 3.26. The number of aromatic nitrogens is 2. The molecule has 1 N–H and O–H groups in total. The van der Waals surface area contributed by atoms with Gasteiger partial charge in [-0.15, -0.1) is 24.8 Å². The van der Waals surface area contributed by atoms with Crippen molar-refractivity contribution in [2.24, 2.45) is 7.05 Å². The van der Waals surface area contributed by atoms with Crippen molar-refractivity contribution >= 4 is 30.7 Å². The molecular weight excluding hydrogens is 323 g/mol. The molecule has 126 valence electrons. The summed E-state index contributed by atoms with van der Waals surface area (Å²) in [5.74, 6) is 0.285. The highest BCUT2D eigenvalue weighted by Gasteiger charge is 2.37. The first-order chi connectivity index (χ1) is 9.59. The lowest BCUT2D eigenvalue weighted by atomic mass is 10.0. The standard InChI is InChI=1S/C15H24N4O.2ClH/c1-10-14(11(2)18(3)17-10)13-7-5-9-19(13)15(20)12-6-4-8-16-12;;/h12-13,16H,4-9H2,1-3H3;2*1H/t12-,13?;;/m0../s1. The minimum Gasteiger partial charge on any atom is -0.334 e. The third-order valence-electron chi connectivity index (χ3n) is 4.79. The van der Waals surface area contributed by atoms with E-state index >= 15 is 0 Å². The van der Waals surface area contributed by atoms with Crippen LogP contribution in [-0.4, -0.2) is 39.7 Å². The number of amides is 1. The van der Waals surface area contributed by atoms with Crippen LogP contribution in [0, 0.1) is 13.8 Å². The van der Waals surface area contributed by atoms with Crippen LogP contribution in [0.1, 0.15) is 48.7 Å². The summed E-state index contributed by atoms with van der Waals surface area (Å²) in [7, 11) is 1.98. The van der Waals surface area contributed by atoms with E-state index in [1.54, 1.807) is 0 Å². The van der Waals surface area contributed by atoms with E-state index in [-0.39, 0.29) is 42.8 Å². The first-order valence-electron chi connectivity index (χ1n) is 7.63. The van der Waals surface area contributed by atoms with Gasteiger partial charge in [0.1, 0.15) is 0 Å². The smallest absolute Gasteiger partial charge is 0.240 e. The van der Waals surface area contributed by atoms with Crippen molar-refractivity contribution in [3.63, 3.8) is 0 Å². The summed E-state index contributed by atoms with van der Waals surface area (Å²) in [5.41, 5.74) is 3.51. The maximum Gasteiger partial charge on any atom is 0.240 e. The van der Waals surface area contributed by atoms with Crippen molar-refractivity contribution in [2.45, 2.75) is 51.6 Å². The van der Waals surface area contributed by atoms with E-state index in [0.29, 0.717) is 0 Å². The van der Waals surface area contributed by atoms with Crippen molar-refractivity contribution < 1.29 is 4.79 Å². The second-order valence-corrected chi connectivity index (χ2v) is 6.05. The second-order valence-electron chi connectivity index (χ2n) is 6.05. The molecule has 1 aromatic heterocycles. The summed E-state index contributed by atoms with van der Waals surface area (Å²) in [6, 6.07) is 0.256. The number of carbonyl (C=O) groups is 1. The molecule has 0 spiro atoms. The maximum absolute atomic E-state index is 12.7. The minimum absolute atomic E-state index is 0. The van der Waals surface area contributed by atoms with Gasteiger partial charge in [0.25, 0.3) is 0 Å². The van der Waals surface area contributed by atoms with Crippen LogP contribution in [0.2, 0.25) is 0 Å². The van der Waals surface area contributed by atoms with Gasteiger partial charge in [0.05, 0.1) is 17.8 Å². The molecule has 0 aliphatic carbocycles. The fourth-order valence-corrected chi connectivity index (χ4v) is 3.70. The van der Waals surface area contributed by atoms with Crippen molar-refractivity contribution in [1.29, 1.82) is 0 Å². The summed E-state index contributed by atoms with van der Waals surface area (Å²) in [6.07, 6.45) is 4.25. The molecular formula is C15H26Cl2N4O. The van der Waals surface area contributed by atoms with Crippen molar-refractivity contribution in [3.8, 4) is 0 Å². The summed E-state index contributed by atoms with van der Waals surface area (Å²) >= 11 is 0. The number of halogens is 2. The summed E-state index contributed by atoms with van der Waals surface area (Å²) < 4.78 is 1.93. The number of aryl methyl sites for hydroxylation is 2. The molecule has 2 atom stereocenters. The molecule has 2 aliphatic heterocycles. The van der Waals surface area contributed by atoms with Gasteiger partial charge in [0.2, 0.25) is 5.91 Å². The molecule has 1 amide bonds. The van der Waals surface area contributed by atoms with Crippen LogP contribution in [0.3, 0.4) is 0 Å². The molecule has 0 radical (unpaired) electrons. The number of hydrogen-bond acceptors (Lipinski definition) is 3. The Kier molecular flexibility index (Phi) is 6.71. The van der Waals surface area contributed by atoms with Crippen LogP contribution < -0.4 is 5.32 Å². The Hall–Kier alpha value is -0.780. The van der Waals surface area contributed by atoms with Crippen LogP contribution in [0.4, 0.5) is 0 Å².